The van der Waals surface area contributed by atoms with Crippen LogP contribution in [0.1, 0.15) is 67.3 Å². The van der Waals surface area contributed by atoms with Crippen LogP contribution in [0.5, 0.6) is 0 Å². The van der Waals surface area contributed by atoms with Crippen molar-refractivity contribution in [1.29, 1.82) is 5.26 Å². The van der Waals surface area contributed by atoms with Crippen LogP contribution in [-0.4, -0.2) is 27.8 Å². The summed E-state index contributed by atoms with van der Waals surface area (Å²) in [5.41, 5.74) is 0.557. The number of hydrogen-bond donors (Lipinski definition) is 3. The molecule has 0 aliphatic carbocycles. The van der Waals surface area contributed by atoms with Gasteiger partial charge in [-0.1, -0.05) is 27.7 Å². The second-order valence-corrected chi connectivity index (χ2v) is 11.5. The Morgan fingerprint density at radius 1 is 1.15 bits per heavy atom. The minimum Gasteiger partial charge on any atom is -0.392 e. The van der Waals surface area contributed by atoms with E-state index in [4.69, 9.17) is 5.14 Å². The Hall–Kier alpha value is -2.85. The van der Waals surface area contributed by atoms with Crippen LogP contribution < -0.4 is 9.86 Å². The van der Waals surface area contributed by atoms with Crippen molar-refractivity contribution >= 4 is 26.0 Å². The van der Waals surface area contributed by atoms with E-state index in [1.807, 2.05) is 10.8 Å². The van der Waals surface area contributed by atoms with Crippen LogP contribution in [0.2, 0.25) is 0 Å². The summed E-state index contributed by atoms with van der Waals surface area (Å²) in [6, 6.07) is 5.93. The van der Waals surface area contributed by atoms with Gasteiger partial charge in [-0.2, -0.15) is 5.26 Å². The Morgan fingerprint density at radius 3 is 2.24 bits per heavy atom. The topological polar surface area (TPSA) is 167 Å². The zero-order chi connectivity index (χ0) is 26.0. The second kappa shape index (κ2) is 10.2. The number of nitrogens with zero attached hydrogens (tertiary/aromatic N) is 1. The van der Waals surface area contributed by atoms with E-state index in [2.05, 4.69) is 0 Å². The van der Waals surface area contributed by atoms with E-state index in [9.17, 15) is 36.4 Å². The molecule has 9 nitrogen and oxygen atoms in total. The van der Waals surface area contributed by atoms with Gasteiger partial charge < -0.3 is 5.11 Å². The molecule has 0 bridgehead atoms. The zero-order valence-corrected chi connectivity index (χ0v) is 20.7. The van der Waals surface area contributed by atoms with Gasteiger partial charge in [-0.05, 0) is 58.4 Å². The Morgan fingerprint density at radius 2 is 1.76 bits per heavy atom. The molecule has 12 heteroatoms. The standard InChI is InChI=1S/C22H26FN3O6S2/c1-12(2)17-8-14(10-24)22(23)21(13(3)4)18(17)9-20(28)26-34(31,32)19-6-5-16(33(25,29)30)7-15(19)11-27/h5-8,12-13,27H,9,11H2,1-4H3,(H,26,28)(H2,25,29,30). The molecule has 34 heavy (non-hydrogen) atoms. The van der Waals surface area contributed by atoms with Gasteiger partial charge in [0, 0.05) is 0 Å². The maximum Gasteiger partial charge on any atom is 0.264 e. The fourth-order valence-electron chi connectivity index (χ4n) is 3.65. The van der Waals surface area contributed by atoms with Crippen molar-refractivity contribution in [2.24, 2.45) is 5.14 Å². The van der Waals surface area contributed by atoms with Crippen molar-refractivity contribution in [2.45, 2.75) is 62.3 Å². The number of aliphatic hydroxyl groups is 1. The van der Waals surface area contributed by atoms with E-state index in [0.717, 1.165) is 18.2 Å². The lowest BCUT2D eigenvalue weighted by molar-refractivity contribution is -0.118. The van der Waals surface area contributed by atoms with Crippen molar-refractivity contribution in [2.75, 3.05) is 0 Å². The van der Waals surface area contributed by atoms with E-state index in [1.165, 1.54) is 6.07 Å². The Kier molecular flexibility index (Phi) is 8.21. The molecule has 0 spiro atoms. The Balaban J connectivity index is 2.51. The highest BCUT2D eigenvalue weighted by molar-refractivity contribution is 7.90. The first-order valence-electron chi connectivity index (χ1n) is 10.2. The molecule has 0 saturated heterocycles. The zero-order valence-electron chi connectivity index (χ0n) is 19.1. The van der Waals surface area contributed by atoms with Crippen molar-refractivity contribution in [3.05, 3.63) is 57.9 Å². The highest BCUT2D eigenvalue weighted by atomic mass is 32.2. The Bertz CT molecular complexity index is 1380. The van der Waals surface area contributed by atoms with Crippen LogP contribution >= 0.6 is 0 Å². The molecular formula is C22H26FN3O6S2. The molecule has 0 radical (unpaired) electrons. The number of nitrogens with two attached hydrogens (primary N) is 1. The molecule has 0 atom stereocenters. The largest absolute Gasteiger partial charge is 0.392 e. The average molecular weight is 512 g/mol. The predicted octanol–water partition coefficient (Wildman–Crippen LogP) is 2.13. The smallest absolute Gasteiger partial charge is 0.264 e. The first-order chi connectivity index (χ1) is 15.6. The molecule has 0 fully saturated rings. The Labute approximate surface area is 198 Å². The van der Waals surface area contributed by atoms with Gasteiger partial charge in [-0.25, -0.2) is 31.1 Å². The van der Waals surface area contributed by atoms with E-state index >= 15 is 0 Å². The SMILES string of the molecule is CC(C)c1cc(C#N)c(F)c(C(C)C)c1CC(=O)NS(=O)(=O)c1ccc(S(N)(=O)=O)cc1CO. The maximum absolute atomic E-state index is 15.0. The highest BCUT2D eigenvalue weighted by Crippen LogP contribution is 2.33. The molecular weight excluding hydrogens is 485 g/mol. The third-order valence-electron chi connectivity index (χ3n) is 5.17. The van der Waals surface area contributed by atoms with E-state index < -0.39 is 60.5 Å². The number of halogens is 1. The third-order valence-corrected chi connectivity index (χ3v) is 7.56. The molecule has 0 aliphatic heterocycles. The molecule has 0 heterocycles. The van der Waals surface area contributed by atoms with Crippen LogP contribution in [0.25, 0.3) is 0 Å². The molecule has 0 saturated carbocycles. The molecule has 184 valence electrons. The molecule has 0 unspecified atom stereocenters. The van der Waals surface area contributed by atoms with Crippen molar-refractivity contribution in [3.8, 4) is 6.07 Å². The normalized spacial score (nSPS) is 12.1. The number of carbonyl (C=O) groups excluding carboxylic acids is 1. The van der Waals surface area contributed by atoms with Gasteiger partial charge in [-0.15, -0.1) is 0 Å². The first-order valence-corrected chi connectivity index (χ1v) is 13.2. The number of carbonyl (C=O) groups is 1. The van der Waals surface area contributed by atoms with Crippen LogP contribution in [0.3, 0.4) is 0 Å². The molecule has 4 N–H and O–H groups in total. The molecule has 0 aromatic heterocycles. The third kappa shape index (κ3) is 5.79. The number of sulfonamides is 2. The minimum absolute atomic E-state index is 0.156. The van der Waals surface area contributed by atoms with Gasteiger partial charge in [0.05, 0.1) is 28.4 Å². The second-order valence-electron chi connectivity index (χ2n) is 8.32. The first kappa shape index (κ1) is 27.4. The summed E-state index contributed by atoms with van der Waals surface area (Å²) in [5, 5.41) is 23.9. The van der Waals surface area contributed by atoms with Gasteiger partial charge >= 0.3 is 0 Å². The summed E-state index contributed by atoms with van der Waals surface area (Å²) in [5.74, 6) is -2.30. The van der Waals surface area contributed by atoms with Crippen molar-refractivity contribution < 1.29 is 31.1 Å². The molecule has 2 aromatic rings. The summed E-state index contributed by atoms with van der Waals surface area (Å²) in [6.45, 7) is 6.17. The lowest BCUT2D eigenvalue weighted by Gasteiger charge is -2.21. The average Bonchev–Trinajstić information content (AvgIpc) is 2.71. The van der Waals surface area contributed by atoms with Crippen molar-refractivity contribution in [1.82, 2.24) is 4.72 Å². The van der Waals surface area contributed by atoms with Crippen LogP contribution in [0.15, 0.2) is 34.1 Å². The summed E-state index contributed by atoms with van der Waals surface area (Å²) >= 11 is 0. The van der Waals surface area contributed by atoms with Gasteiger partial charge in [0.15, 0.2) is 0 Å². The molecule has 0 aliphatic rings. The number of rotatable bonds is 8. The van der Waals surface area contributed by atoms with Crippen LogP contribution in [0, 0.1) is 17.1 Å². The summed E-state index contributed by atoms with van der Waals surface area (Å²) in [6.07, 6.45) is -0.480. The fourth-order valence-corrected chi connectivity index (χ4v) is 5.42. The highest BCUT2D eigenvalue weighted by Gasteiger charge is 2.27. The summed E-state index contributed by atoms with van der Waals surface area (Å²) < 4.78 is 65.5. The summed E-state index contributed by atoms with van der Waals surface area (Å²) in [4.78, 5) is 11.9. The number of nitriles is 1. The number of benzene rings is 2. The number of amides is 1. The monoisotopic (exact) mass is 511 g/mol. The number of primary sulfonamides is 1. The number of hydrogen-bond acceptors (Lipinski definition) is 7. The van der Waals surface area contributed by atoms with Crippen LogP contribution in [-0.2, 0) is 37.9 Å². The van der Waals surface area contributed by atoms with E-state index in [0.29, 0.717) is 11.1 Å². The lowest BCUT2D eigenvalue weighted by Crippen LogP contribution is -2.33. The quantitative estimate of drug-likeness (QED) is 0.488. The number of aliphatic hydroxyl groups excluding tert-OH is 1. The minimum atomic E-state index is -4.52. The van der Waals surface area contributed by atoms with E-state index in [1.54, 1.807) is 27.7 Å². The predicted molar refractivity (Wildman–Crippen MR) is 122 cm³/mol. The van der Waals surface area contributed by atoms with Crippen molar-refractivity contribution in [3.63, 3.8) is 0 Å². The summed E-state index contributed by atoms with van der Waals surface area (Å²) in [7, 11) is -8.66. The van der Waals surface area contributed by atoms with Gasteiger partial charge in [-0.3, -0.25) is 4.79 Å². The number of nitrogens with one attached hydrogen (secondary N) is 1. The van der Waals surface area contributed by atoms with Gasteiger partial charge in [0.1, 0.15) is 11.9 Å². The maximum atomic E-state index is 15.0. The van der Waals surface area contributed by atoms with Gasteiger partial charge in [0.25, 0.3) is 10.0 Å². The molecule has 2 aromatic carbocycles. The molecule has 2 rings (SSSR count). The lowest BCUT2D eigenvalue weighted by atomic mass is 9.85. The van der Waals surface area contributed by atoms with Crippen LogP contribution in [0.4, 0.5) is 4.39 Å². The van der Waals surface area contributed by atoms with E-state index in [-0.39, 0.29) is 22.6 Å². The molecule has 1 amide bonds. The van der Waals surface area contributed by atoms with Gasteiger partial charge in [0.2, 0.25) is 15.9 Å². The fraction of sp³-hybridized carbons (Fsp3) is 0.364.